The number of carbonyl (C=O) groups excluding carboxylic acids is 1. The summed E-state index contributed by atoms with van der Waals surface area (Å²) in [6.45, 7) is 7.79. The maximum absolute atomic E-state index is 12.7. The van der Waals surface area contributed by atoms with Crippen LogP contribution in [0, 0.1) is 5.92 Å². The molecule has 0 spiro atoms. The molecule has 0 aliphatic rings. The van der Waals surface area contributed by atoms with Gasteiger partial charge in [0.2, 0.25) is 0 Å². The van der Waals surface area contributed by atoms with E-state index in [0.29, 0.717) is 18.0 Å². The van der Waals surface area contributed by atoms with Crippen molar-refractivity contribution in [3.05, 3.63) is 63.5 Å². The van der Waals surface area contributed by atoms with E-state index in [-0.39, 0.29) is 12.5 Å². The van der Waals surface area contributed by atoms with Crippen LogP contribution in [0.1, 0.15) is 50.1 Å². The van der Waals surface area contributed by atoms with Crippen LogP contribution in [0.25, 0.3) is 0 Å². The first-order chi connectivity index (χ1) is 14.7. The van der Waals surface area contributed by atoms with Crippen molar-refractivity contribution in [3.8, 4) is 5.75 Å². The number of nitrogens with zero attached hydrogens (tertiary/aromatic N) is 1. The van der Waals surface area contributed by atoms with Gasteiger partial charge in [0.1, 0.15) is 11.4 Å². The average molecular weight is 443 g/mol. The molecule has 6 heteroatoms. The standard InChI is InChI=1S/C25H34N2O3S/c1-18(2)14-20-12-11-19(15-23(20)30-5)8-6-10-22(24(29)27-25(3,4)17-28)26-16-21-9-7-13-31-21/h7,9-13,15-16,18,28H,6,8,14,17H2,1-5H3,(H,27,29)/b22-10+,26-16+. The molecule has 0 unspecified atom stereocenters. The SMILES string of the molecule is COc1cc(CC/C=C(/N=C/c2cccs2)C(=O)NC(C)(C)CO)ccc1CC(C)C. The first-order valence-corrected chi connectivity index (χ1v) is 11.5. The Kier molecular flexibility index (Phi) is 9.46. The molecule has 1 aromatic heterocycles. The van der Waals surface area contributed by atoms with Crippen LogP contribution >= 0.6 is 11.3 Å². The first-order valence-electron chi connectivity index (χ1n) is 10.6. The van der Waals surface area contributed by atoms with E-state index < -0.39 is 5.54 Å². The van der Waals surface area contributed by atoms with Crippen LogP contribution in [-0.4, -0.2) is 36.5 Å². The predicted octanol–water partition coefficient (Wildman–Crippen LogP) is 4.78. The van der Waals surface area contributed by atoms with Gasteiger partial charge in [0, 0.05) is 11.1 Å². The lowest BCUT2D eigenvalue weighted by Gasteiger charge is -2.23. The summed E-state index contributed by atoms with van der Waals surface area (Å²) in [5.74, 6) is 1.18. The molecule has 2 N–H and O–H groups in total. The van der Waals surface area contributed by atoms with E-state index in [2.05, 4.69) is 42.4 Å². The molecule has 0 aliphatic heterocycles. The van der Waals surface area contributed by atoms with Gasteiger partial charge in [-0.1, -0.05) is 38.1 Å². The van der Waals surface area contributed by atoms with Gasteiger partial charge in [0.25, 0.3) is 5.91 Å². The fourth-order valence-corrected chi connectivity index (χ4v) is 3.63. The van der Waals surface area contributed by atoms with Crippen LogP contribution in [0.5, 0.6) is 5.75 Å². The Hall–Kier alpha value is -2.44. The lowest BCUT2D eigenvalue weighted by Crippen LogP contribution is -2.46. The smallest absolute Gasteiger partial charge is 0.270 e. The normalized spacial score (nSPS) is 12.5. The molecule has 0 atom stereocenters. The van der Waals surface area contributed by atoms with Gasteiger partial charge >= 0.3 is 0 Å². The first kappa shape index (κ1) is 24.8. The number of amides is 1. The Morgan fingerprint density at radius 2 is 2.10 bits per heavy atom. The molecule has 31 heavy (non-hydrogen) atoms. The minimum Gasteiger partial charge on any atom is -0.496 e. The predicted molar refractivity (Wildman–Crippen MR) is 129 cm³/mol. The van der Waals surface area contributed by atoms with Gasteiger partial charge in [-0.2, -0.15) is 0 Å². The van der Waals surface area contributed by atoms with E-state index in [9.17, 15) is 9.90 Å². The third-order valence-electron chi connectivity index (χ3n) is 4.70. The highest BCUT2D eigenvalue weighted by atomic mass is 32.1. The van der Waals surface area contributed by atoms with Crippen molar-refractivity contribution in [1.82, 2.24) is 5.32 Å². The molecule has 0 radical (unpaired) electrons. The zero-order valence-corrected chi connectivity index (χ0v) is 20.0. The molecule has 1 aromatic carbocycles. The number of hydrogen-bond acceptors (Lipinski definition) is 5. The Balaban J connectivity index is 2.14. The molecule has 0 saturated heterocycles. The average Bonchev–Trinajstić information content (AvgIpc) is 3.24. The second-order valence-electron chi connectivity index (χ2n) is 8.64. The number of benzene rings is 1. The number of hydrogen-bond donors (Lipinski definition) is 2. The van der Waals surface area contributed by atoms with Gasteiger partial charge in [-0.15, -0.1) is 11.3 Å². The zero-order chi connectivity index (χ0) is 22.9. The fraction of sp³-hybridized carbons (Fsp3) is 0.440. The summed E-state index contributed by atoms with van der Waals surface area (Å²) in [7, 11) is 1.70. The summed E-state index contributed by atoms with van der Waals surface area (Å²) in [5, 5.41) is 14.3. The molecular weight excluding hydrogens is 408 g/mol. The highest BCUT2D eigenvalue weighted by Crippen LogP contribution is 2.24. The molecule has 0 aliphatic carbocycles. The summed E-state index contributed by atoms with van der Waals surface area (Å²) in [6, 6.07) is 10.2. The largest absolute Gasteiger partial charge is 0.496 e. The molecule has 2 aromatic rings. The Labute approximate surface area is 189 Å². The molecule has 0 bridgehead atoms. The molecule has 168 valence electrons. The van der Waals surface area contributed by atoms with E-state index in [1.807, 2.05) is 23.6 Å². The van der Waals surface area contributed by atoms with Crippen molar-refractivity contribution < 1.29 is 14.6 Å². The highest BCUT2D eigenvalue weighted by molar-refractivity contribution is 7.11. The summed E-state index contributed by atoms with van der Waals surface area (Å²) >= 11 is 1.56. The number of aliphatic hydroxyl groups excluding tert-OH is 1. The number of nitrogens with one attached hydrogen (secondary N) is 1. The maximum atomic E-state index is 12.7. The number of rotatable bonds is 11. The number of methoxy groups -OCH3 is 1. The van der Waals surface area contributed by atoms with E-state index in [0.717, 1.165) is 29.0 Å². The number of aliphatic hydroxyl groups is 1. The lowest BCUT2D eigenvalue weighted by atomic mass is 9.99. The number of aliphatic imine (C=N–C) groups is 1. The Morgan fingerprint density at radius 1 is 1.32 bits per heavy atom. The van der Waals surface area contributed by atoms with Crippen LogP contribution in [-0.2, 0) is 17.6 Å². The van der Waals surface area contributed by atoms with Crippen LogP contribution in [0.15, 0.2) is 52.5 Å². The lowest BCUT2D eigenvalue weighted by molar-refractivity contribution is -0.119. The molecule has 0 fully saturated rings. The topological polar surface area (TPSA) is 70.9 Å². The molecule has 2 rings (SSSR count). The van der Waals surface area contributed by atoms with Gasteiger partial charge in [-0.05, 0) is 67.7 Å². The minimum absolute atomic E-state index is 0.150. The Morgan fingerprint density at radius 3 is 2.71 bits per heavy atom. The summed E-state index contributed by atoms with van der Waals surface area (Å²) in [5.41, 5.74) is 1.99. The number of thiophene rings is 1. The fourth-order valence-electron chi connectivity index (χ4n) is 3.04. The van der Waals surface area contributed by atoms with Crippen molar-refractivity contribution in [1.29, 1.82) is 0 Å². The van der Waals surface area contributed by atoms with Crippen molar-refractivity contribution in [3.63, 3.8) is 0 Å². The van der Waals surface area contributed by atoms with Crippen LogP contribution in [0.4, 0.5) is 0 Å². The van der Waals surface area contributed by atoms with Gasteiger partial charge in [0.05, 0.1) is 19.3 Å². The third-order valence-corrected chi connectivity index (χ3v) is 5.51. The number of ether oxygens (including phenoxy) is 1. The van der Waals surface area contributed by atoms with Crippen molar-refractivity contribution >= 4 is 23.5 Å². The highest BCUT2D eigenvalue weighted by Gasteiger charge is 2.21. The quantitative estimate of drug-likeness (QED) is 0.389. The van der Waals surface area contributed by atoms with Gasteiger partial charge in [-0.25, -0.2) is 4.99 Å². The second-order valence-corrected chi connectivity index (χ2v) is 9.62. The Bertz CT molecular complexity index is 899. The molecule has 0 saturated carbocycles. The van der Waals surface area contributed by atoms with E-state index >= 15 is 0 Å². The van der Waals surface area contributed by atoms with Crippen LogP contribution < -0.4 is 10.1 Å². The van der Waals surface area contributed by atoms with Crippen molar-refractivity contribution in [2.45, 2.75) is 52.5 Å². The summed E-state index contributed by atoms with van der Waals surface area (Å²) < 4.78 is 5.57. The van der Waals surface area contributed by atoms with Crippen LogP contribution in [0.2, 0.25) is 0 Å². The van der Waals surface area contributed by atoms with E-state index in [1.165, 1.54) is 5.56 Å². The second kappa shape index (κ2) is 11.8. The molecule has 1 heterocycles. The van der Waals surface area contributed by atoms with Crippen molar-refractivity contribution in [2.24, 2.45) is 10.9 Å². The van der Waals surface area contributed by atoms with E-state index in [4.69, 9.17) is 4.74 Å². The van der Waals surface area contributed by atoms with Crippen molar-refractivity contribution in [2.75, 3.05) is 13.7 Å². The van der Waals surface area contributed by atoms with Gasteiger partial charge < -0.3 is 15.2 Å². The number of aryl methyl sites for hydroxylation is 1. The molecule has 1 amide bonds. The number of carbonyl (C=O) groups is 1. The minimum atomic E-state index is -0.714. The van der Waals surface area contributed by atoms with Gasteiger partial charge in [-0.3, -0.25) is 4.79 Å². The monoisotopic (exact) mass is 442 g/mol. The van der Waals surface area contributed by atoms with Gasteiger partial charge in [0.15, 0.2) is 0 Å². The molecule has 5 nitrogen and oxygen atoms in total. The number of allylic oxidation sites excluding steroid dienone is 1. The molecular formula is C25H34N2O3S. The maximum Gasteiger partial charge on any atom is 0.270 e. The summed E-state index contributed by atoms with van der Waals surface area (Å²) in [6.07, 6.45) is 5.96. The van der Waals surface area contributed by atoms with E-state index in [1.54, 1.807) is 38.5 Å². The zero-order valence-electron chi connectivity index (χ0n) is 19.1. The third kappa shape index (κ3) is 8.31. The van der Waals surface area contributed by atoms with Crippen LogP contribution in [0.3, 0.4) is 0 Å². The summed E-state index contributed by atoms with van der Waals surface area (Å²) in [4.78, 5) is 18.1.